The second-order valence-electron chi connectivity index (χ2n) is 9.71. The molecule has 0 N–H and O–H groups in total. The van der Waals surface area contributed by atoms with E-state index in [1.807, 2.05) is 42.3 Å². The third-order valence-corrected chi connectivity index (χ3v) is 8.33. The van der Waals surface area contributed by atoms with Gasteiger partial charge in [-0.25, -0.2) is 9.50 Å². The first kappa shape index (κ1) is 30.2. The first-order chi connectivity index (χ1) is 19.7. The van der Waals surface area contributed by atoms with Crippen LogP contribution >= 0.6 is 0 Å². The van der Waals surface area contributed by atoms with E-state index in [1.165, 1.54) is 12.1 Å². The number of carbonyl (C=O) groups excluding carboxylic acids is 1. The van der Waals surface area contributed by atoms with E-state index in [0.717, 1.165) is 40.9 Å². The smallest absolute Gasteiger partial charge is 0.297 e. The van der Waals surface area contributed by atoms with Crippen molar-refractivity contribution in [1.82, 2.24) is 19.5 Å². The summed E-state index contributed by atoms with van der Waals surface area (Å²) in [7, 11) is -3.85. The largest absolute Gasteiger partial charge is 0.491 e. The van der Waals surface area contributed by atoms with Crippen LogP contribution in [0.25, 0.3) is 16.9 Å². The zero-order valence-corrected chi connectivity index (χ0v) is 25.2. The molecule has 0 bridgehead atoms. The number of aryl methyl sites for hydroxylation is 3. The summed E-state index contributed by atoms with van der Waals surface area (Å²) < 4.78 is 37.5. The molecule has 218 valence electrons. The summed E-state index contributed by atoms with van der Waals surface area (Å²) in [5.41, 5.74) is 6.03. The lowest BCUT2D eigenvalue weighted by atomic mass is 10.0. The quantitative estimate of drug-likeness (QED) is 0.162. The van der Waals surface area contributed by atoms with Gasteiger partial charge in [0, 0.05) is 35.6 Å². The predicted octanol–water partition coefficient (Wildman–Crippen LogP) is 5.02. The Morgan fingerprint density at radius 3 is 2.22 bits per heavy atom. The molecule has 0 atom stereocenters. The maximum atomic E-state index is 13.2. The van der Waals surface area contributed by atoms with Gasteiger partial charge in [0.05, 0.1) is 17.0 Å². The number of likely N-dealkylation sites (N-methyl/N-ethyl adjacent to an activating group) is 1. The average Bonchev–Trinajstić information content (AvgIpc) is 3.34. The van der Waals surface area contributed by atoms with Crippen molar-refractivity contribution in [2.24, 2.45) is 0 Å². The fraction of sp³-hybridized carbons (Fsp3) is 0.387. The van der Waals surface area contributed by atoms with E-state index in [4.69, 9.17) is 19.0 Å². The average molecular weight is 579 g/mol. The molecule has 0 aliphatic heterocycles. The zero-order chi connectivity index (χ0) is 29.6. The van der Waals surface area contributed by atoms with Crippen LogP contribution in [0.2, 0.25) is 0 Å². The molecule has 2 heterocycles. The number of aromatic nitrogens is 3. The van der Waals surface area contributed by atoms with Crippen molar-refractivity contribution in [1.29, 1.82) is 0 Å². The van der Waals surface area contributed by atoms with Gasteiger partial charge in [-0.15, -0.1) is 0 Å². The Hall–Kier alpha value is -3.76. The Labute approximate surface area is 242 Å². The summed E-state index contributed by atoms with van der Waals surface area (Å²) in [6.07, 6.45) is 1.77. The Morgan fingerprint density at radius 2 is 1.61 bits per heavy atom. The maximum absolute atomic E-state index is 13.2. The van der Waals surface area contributed by atoms with Crippen LogP contribution < -0.4 is 4.74 Å². The number of hydrogen-bond acceptors (Lipinski definition) is 7. The van der Waals surface area contributed by atoms with Gasteiger partial charge < -0.3 is 9.64 Å². The maximum Gasteiger partial charge on any atom is 0.297 e. The summed E-state index contributed by atoms with van der Waals surface area (Å²) in [6.45, 7) is 11.2. The standard InChI is InChI=1S/C31H38N4O5S/c1-6-24-20-25(7-2)35-31(32-24)28(21-29(36)34(8-3)9-4)30(33-35)23-12-14-26(15-13-23)39-18-19-40-41(37,38)27-16-10-22(5)11-17-27/h10-17,20H,6-9,18-19,21H2,1-5H3. The highest BCUT2D eigenvalue weighted by Gasteiger charge is 2.22. The predicted molar refractivity (Wildman–Crippen MR) is 159 cm³/mol. The van der Waals surface area contributed by atoms with E-state index >= 15 is 0 Å². The molecule has 0 fully saturated rings. The Morgan fingerprint density at radius 1 is 0.927 bits per heavy atom. The minimum absolute atomic E-state index is 0.0356. The molecule has 10 heteroatoms. The minimum atomic E-state index is -3.85. The summed E-state index contributed by atoms with van der Waals surface area (Å²) in [4.78, 5) is 20.0. The van der Waals surface area contributed by atoms with Crippen molar-refractivity contribution < 1.29 is 22.1 Å². The van der Waals surface area contributed by atoms with E-state index < -0.39 is 10.1 Å². The van der Waals surface area contributed by atoms with E-state index in [0.29, 0.717) is 30.2 Å². The van der Waals surface area contributed by atoms with Gasteiger partial charge >= 0.3 is 0 Å². The molecule has 0 saturated heterocycles. The molecule has 1 amide bonds. The van der Waals surface area contributed by atoms with Crippen molar-refractivity contribution in [3.63, 3.8) is 0 Å². The molecule has 0 spiro atoms. The molecular weight excluding hydrogens is 540 g/mol. The molecule has 0 aliphatic rings. The van der Waals surface area contributed by atoms with Gasteiger partial charge in [0.15, 0.2) is 5.65 Å². The Balaban J connectivity index is 1.54. The SMILES string of the molecule is CCc1cc(CC)n2nc(-c3ccc(OCCOS(=O)(=O)c4ccc(C)cc4)cc3)c(CC(=O)N(CC)CC)c2n1. The Kier molecular flexibility index (Phi) is 9.77. The van der Waals surface area contributed by atoms with E-state index in [-0.39, 0.29) is 30.4 Å². The normalized spacial score (nSPS) is 11.6. The molecular formula is C31H38N4O5S. The van der Waals surface area contributed by atoms with Gasteiger partial charge in [-0.1, -0.05) is 31.5 Å². The number of nitrogens with zero attached hydrogens (tertiary/aromatic N) is 4. The summed E-state index contributed by atoms with van der Waals surface area (Å²) in [5.74, 6) is 0.601. The number of rotatable bonds is 13. The van der Waals surface area contributed by atoms with Crippen molar-refractivity contribution in [3.05, 3.63) is 77.1 Å². The molecule has 2 aromatic carbocycles. The highest BCUT2D eigenvalue weighted by Crippen LogP contribution is 2.29. The molecule has 0 unspecified atom stereocenters. The lowest BCUT2D eigenvalue weighted by Gasteiger charge is -2.18. The number of carbonyl (C=O) groups is 1. The monoisotopic (exact) mass is 578 g/mol. The lowest BCUT2D eigenvalue weighted by molar-refractivity contribution is -0.130. The van der Waals surface area contributed by atoms with Gasteiger partial charge in [0.2, 0.25) is 5.91 Å². The second kappa shape index (κ2) is 13.3. The van der Waals surface area contributed by atoms with Crippen LogP contribution in [0.5, 0.6) is 5.75 Å². The van der Waals surface area contributed by atoms with Crippen LogP contribution in [0.1, 0.15) is 50.2 Å². The topological polar surface area (TPSA) is 103 Å². The van der Waals surface area contributed by atoms with Crippen LogP contribution in [0, 0.1) is 6.92 Å². The van der Waals surface area contributed by atoms with Gasteiger partial charge in [-0.2, -0.15) is 13.5 Å². The minimum Gasteiger partial charge on any atom is -0.491 e. The fourth-order valence-electron chi connectivity index (χ4n) is 4.63. The number of amides is 1. The molecule has 4 rings (SSSR count). The van der Waals surface area contributed by atoms with Gasteiger partial charge in [-0.05, 0) is 76.1 Å². The van der Waals surface area contributed by atoms with Crippen molar-refractivity contribution >= 4 is 21.7 Å². The van der Waals surface area contributed by atoms with Crippen molar-refractivity contribution in [2.75, 3.05) is 26.3 Å². The molecule has 0 aliphatic carbocycles. The van der Waals surface area contributed by atoms with Crippen LogP contribution in [0.15, 0.2) is 59.5 Å². The molecule has 4 aromatic rings. The molecule has 0 radical (unpaired) electrons. The van der Waals surface area contributed by atoms with E-state index in [9.17, 15) is 13.2 Å². The highest BCUT2D eigenvalue weighted by atomic mass is 32.2. The second-order valence-corrected chi connectivity index (χ2v) is 11.3. The summed E-state index contributed by atoms with van der Waals surface area (Å²) in [5, 5.41) is 4.92. The Bertz CT molecular complexity index is 1590. The van der Waals surface area contributed by atoms with Crippen LogP contribution in [-0.4, -0.2) is 60.1 Å². The highest BCUT2D eigenvalue weighted by molar-refractivity contribution is 7.86. The van der Waals surface area contributed by atoms with Crippen LogP contribution in [0.4, 0.5) is 0 Å². The number of fused-ring (bicyclic) bond motifs is 1. The molecule has 0 saturated carbocycles. The third-order valence-electron chi connectivity index (χ3n) is 7.01. The zero-order valence-electron chi connectivity index (χ0n) is 24.4. The molecule has 9 nitrogen and oxygen atoms in total. The number of ether oxygens (including phenoxy) is 1. The molecule has 41 heavy (non-hydrogen) atoms. The van der Waals surface area contributed by atoms with Gasteiger partial charge in [0.25, 0.3) is 10.1 Å². The molecule has 2 aromatic heterocycles. The number of hydrogen-bond donors (Lipinski definition) is 0. The van der Waals surface area contributed by atoms with Crippen LogP contribution in [-0.2, 0) is 38.4 Å². The van der Waals surface area contributed by atoms with Gasteiger partial charge in [0.1, 0.15) is 19.0 Å². The first-order valence-corrected chi connectivity index (χ1v) is 15.5. The van der Waals surface area contributed by atoms with Gasteiger partial charge in [-0.3, -0.25) is 8.98 Å². The van der Waals surface area contributed by atoms with Crippen LogP contribution in [0.3, 0.4) is 0 Å². The summed E-state index contributed by atoms with van der Waals surface area (Å²) >= 11 is 0. The van der Waals surface area contributed by atoms with E-state index in [1.54, 1.807) is 24.3 Å². The van der Waals surface area contributed by atoms with Crippen molar-refractivity contribution in [2.45, 2.75) is 58.8 Å². The first-order valence-electron chi connectivity index (χ1n) is 14.1. The number of benzene rings is 2. The summed E-state index contributed by atoms with van der Waals surface area (Å²) in [6, 6.07) is 15.9. The lowest BCUT2D eigenvalue weighted by Crippen LogP contribution is -2.31. The fourth-order valence-corrected chi connectivity index (χ4v) is 5.52. The third kappa shape index (κ3) is 6.94. The van der Waals surface area contributed by atoms with E-state index in [2.05, 4.69) is 19.9 Å². The van der Waals surface area contributed by atoms with Crippen molar-refractivity contribution in [3.8, 4) is 17.0 Å².